The summed E-state index contributed by atoms with van der Waals surface area (Å²) in [6.45, 7) is 4.41. The summed E-state index contributed by atoms with van der Waals surface area (Å²) in [5.41, 5.74) is -0.254. The second kappa shape index (κ2) is 6.29. The van der Waals surface area contributed by atoms with Crippen LogP contribution in [0.5, 0.6) is 0 Å². The summed E-state index contributed by atoms with van der Waals surface area (Å²) in [5, 5.41) is 9.22. The maximum atomic E-state index is 12.1. The van der Waals surface area contributed by atoms with Gasteiger partial charge in [0.05, 0.1) is 6.42 Å². The van der Waals surface area contributed by atoms with Crippen molar-refractivity contribution in [3.05, 3.63) is 12.7 Å². The molecule has 0 bridgehead atoms. The van der Waals surface area contributed by atoms with E-state index in [0.717, 1.165) is 38.5 Å². The van der Waals surface area contributed by atoms with E-state index in [1.165, 1.54) is 0 Å². The first-order chi connectivity index (χ1) is 9.59. The van der Waals surface area contributed by atoms with E-state index in [1.807, 2.05) is 0 Å². The summed E-state index contributed by atoms with van der Waals surface area (Å²) < 4.78 is 5.15. The molecular formula is C15H23NO4. The van der Waals surface area contributed by atoms with Crippen molar-refractivity contribution in [1.82, 2.24) is 4.90 Å². The Morgan fingerprint density at radius 2 is 2.10 bits per heavy atom. The van der Waals surface area contributed by atoms with Crippen molar-refractivity contribution in [2.45, 2.75) is 51.0 Å². The van der Waals surface area contributed by atoms with Gasteiger partial charge in [0.1, 0.15) is 6.61 Å². The predicted molar refractivity (Wildman–Crippen MR) is 74.4 cm³/mol. The second-order valence-corrected chi connectivity index (χ2v) is 5.86. The van der Waals surface area contributed by atoms with E-state index in [1.54, 1.807) is 11.0 Å². The molecule has 20 heavy (non-hydrogen) atoms. The molecule has 0 aromatic carbocycles. The fourth-order valence-corrected chi connectivity index (χ4v) is 3.85. The van der Waals surface area contributed by atoms with E-state index in [2.05, 4.69) is 6.58 Å². The van der Waals surface area contributed by atoms with Crippen LogP contribution < -0.4 is 0 Å². The molecule has 0 aromatic rings. The van der Waals surface area contributed by atoms with E-state index in [4.69, 9.17) is 4.74 Å². The second-order valence-electron chi connectivity index (χ2n) is 5.86. The van der Waals surface area contributed by atoms with Gasteiger partial charge in [0, 0.05) is 18.0 Å². The lowest BCUT2D eigenvalue weighted by Gasteiger charge is -2.51. The molecule has 1 aliphatic heterocycles. The van der Waals surface area contributed by atoms with E-state index in [9.17, 15) is 14.7 Å². The van der Waals surface area contributed by atoms with Crippen LogP contribution >= 0.6 is 0 Å². The van der Waals surface area contributed by atoms with Crippen LogP contribution in [0.1, 0.15) is 44.9 Å². The van der Waals surface area contributed by atoms with Gasteiger partial charge in [-0.2, -0.15) is 0 Å². The number of carboxylic acids is 1. The van der Waals surface area contributed by atoms with Crippen molar-refractivity contribution in [3.63, 3.8) is 0 Å². The molecule has 1 saturated heterocycles. The number of hydrogen-bond acceptors (Lipinski definition) is 3. The molecule has 0 unspecified atom stereocenters. The minimum absolute atomic E-state index is 0.0124. The predicted octanol–water partition coefficient (Wildman–Crippen LogP) is 2.81. The van der Waals surface area contributed by atoms with E-state index in [0.29, 0.717) is 6.54 Å². The number of carbonyl (C=O) groups is 2. The van der Waals surface area contributed by atoms with E-state index >= 15 is 0 Å². The number of piperidine rings is 1. The smallest absolute Gasteiger partial charge is 0.410 e. The molecule has 2 rings (SSSR count). The summed E-state index contributed by atoms with van der Waals surface area (Å²) in [6.07, 6.45) is 7.02. The summed E-state index contributed by atoms with van der Waals surface area (Å²) in [5.74, 6) is -0.766. The number of aliphatic carboxylic acids is 1. The zero-order valence-electron chi connectivity index (χ0n) is 11.8. The molecule has 2 fully saturated rings. The average molecular weight is 281 g/mol. The maximum absolute atomic E-state index is 12.1. The van der Waals surface area contributed by atoms with Crippen molar-refractivity contribution in [2.75, 3.05) is 13.2 Å². The van der Waals surface area contributed by atoms with Crippen molar-refractivity contribution in [2.24, 2.45) is 5.41 Å². The summed E-state index contributed by atoms with van der Waals surface area (Å²) in [7, 11) is 0. The van der Waals surface area contributed by atoms with Crippen LogP contribution in [0.2, 0.25) is 0 Å². The average Bonchev–Trinajstić information content (AvgIpc) is 2.42. The molecule has 0 radical (unpaired) electrons. The van der Waals surface area contributed by atoms with Gasteiger partial charge in [-0.25, -0.2) is 4.79 Å². The van der Waals surface area contributed by atoms with Crippen LogP contribution in [0.4, 0.5) is 4.79 Å². The highest BCUT2D eigenvalue weighted by Crippen LogP contribution is 2.48. The number of hydrogen-bond donors (Lipinski definition) is 1. The SMILES string of the molecule is C=CCOC(=O)N1CCC[C@@]2(CC(=O)O)CCCC[C@H]12. The van der Waals surface area contributed by atoms with Crippen molar-refractivity contribution in [1.29, 1.82) is 0 Å². The maximum Gasteiger partial charge on any atom is 0.410 e. The number of nitrogens with zero attached hydrogens (tertiary/aromatic N) is 1. The molecule has 1 aliphatic carbocycles. The van der Waals surface area contributed by atoms with Crippen molar-refractivity contribution >= 4 is 12.1 Å². The Morgan fingerprint density at radius 1 is 1.35 bits per heavy atom. The lowest BCUT2D eigenvalue weighted by molar-refractivity contribution is -0.143. The van der Waals surface area contributed by atoms with Crippen LogP contribution in [-0.4, -0.2) is 41.3 Å². The summed E-state index contributed by atoms with van der Waals surface area (Å²) in [6, 6.07) is 0.0124. The largest absolute Gasteiger partial charge is 0.481 e. The van der Waals surface area contributed by atoms with Gasteiger partial charge in [0.15, 0.2) is 0 Å². The molecule has 5 nitrogen and oxygen atoms in total. The van der Waals surface area contributed by atoms with Crippen LogP contribution in [0.3, 0.4) is 0 Å². The normalized spacial score (nSPS) is 29.4. The van der Waals surface area contributed by atoms with Gasteiger partial charge in [-0.1, -0.05) is 25.5 Å². The third-order valence-corrected chi connectivity index (χ3v) is 4.62. The first-order valence-electron chi connectivity index (χ1n) is 7.35. The number of amides is 1. The number of carbonyl (C=O) groups excluding carboxylic acids is 1. The highest BCUT2D eigenvalue weighted by atomic mass is 16.6. The van der Waals surface area contributed by atoms with Crippen molar-refractivity contribution in [3.8, 4) is 0 Å². The highest BCUT2D eigenvalue weighted by Gasteiger charge is 2.48. The number of carboxylic acid groups (broad SMARTS) is 1. The Balaban J connectivity index is 2.16. The summed E-state index contributed by atoms with van der Waals surface area (Å²) in [4.78, 5) is 25.1. The minimum atomic E-state index is -0.766. The van der Waals surface area contributed by atoms with Crippen LogP contribution in [0.15, 0.2) is 12.7 Å². The Labute approximate surface area is 119 Å². The van der Waals surface area contributed by atoms with E-state index < -0.39 is 5.97 Å². The summed E-state index contributed by atoms with van der Waals surface area (Å²) >= 11 is 0. The number of likely N-dealkylation sites (tertiary alicyclic amines) is 1. The highest BCUT2D eigenvalue weighted by molar-refractivity contribution is 5.70. The Hall–Kier alpha value is -1.52. The molecule has 1 heterocycles. The molecule has 2 aliphatic rings. The van der Waals surface area contributed by atoms with Gasteiger partial charge < -0.3 is 14.7 Å². The van der Waals surface area contributed by atoms with E-state index in [-0.39, 0.29) is 30.6 Å². The molecule has 0 aromatic heterocycles. The zero-order valence-corrected chi connectivity index (χ0v) is 11.8. The van der Waals surface area contributed by atoms with Crippen LogP contribution in [-0.2, 0) is 9.53 Å². The van der Waals surface area contributed by atoms with Crippen LogP contribution in [0.25, 0.3) is 0 Å². The van der Waals surface area contributed by atoms with Crippen molar-refractivity contribution < 1.29 is 19.4 Å². The number of fused-ring (bicyclic) bond motifs is 1. The minimum Gasteiger partial charge on any atom is -0.481 e. The van der Waals surface area contributed by atoms with Gasteiger partial charge in [0.25, 0.3) is 0 Å². The topological polar surface area (TPSA) is 66.8 Å². The quantitative estimate of drug-likeness (QED) is 0.805. The molecule has 0 spiro atoms. The lowest BCUT2D eigenvalue weighted by atomic mass is 9.63. The molecule has 2 atom stereocenters. The Bertz CT molecular complexity index is 391. The first-order valence-corrected chi connectivity index (χ1v) is 7.35. The Morgan fingerprint density at radius 3 is 2.80 bits per heavy atom. The van der Waals surface area contributed by atoms with Crippen LogP contribution in [0, 0.1) is 5.41 Å². The Kier molecular flexibility index (Phi) is 4.68. The van der Waals surface area contributed by atoms with Gasteiger partial charge >= 0.3 is 12.1 Å². The third kappa shape index (κ3) is 2.97. The molecule has 112 valence electrons. The molecule has 1 saturated carbocycles. The number of ether oxygens (including phenoxy) is 1. The lowest BCUT2D eigenvalue weighted by Crippen LogP contribution is -2.56. The van der Waals surface area contributed by atoms with Gasteiger partial charge in [0.2, 0.25) is 0 Å². The van der Waals surface area contributed by atoms with Gasteiger partial charge in [-0.3, -0.25) is 4.79 Å². The fourth-order valence-electron chi connectivity index (χ4n) is 3.85. The van der Waals surface area contributed by atoms with Gasteiger partial charge in [-0.05, 0) is 25.7 Å². The number of rotatable bonds is 4. The zero-order chi connectivity index (χ0) is 14.6. The first kappa shape index (κ1) is 14.9. The standard InChI is InChI=1S/C15H23NO4/c1-2-10-20-14(19)16-9-5-8-15(11-13(17)18)7-4-3-6-12(15)16/h2,12H,1,3-11H2,(H,17,18)/t12-,15+/m0/s1. The molecule has 1 N–H and O–H groups in total. The molecular weight excluding hydrogens is 258 g/mol. The molecule has 5 heteroatoms. The monoisotopic (exact) mass is 281 g/mol. The van der Waals surface area contributed by atoms with Gasteiger partial charge in [-0.15, -0.1) is 0 Å². The third-order valence-electron chi connectivity index (χ3n) is 4.62. The fraction of sp³-hybridized carbons (Fsp3) is 0.733. The molecule has 1 amide bonds.